The van der Waals surface area contributed by atoms with Gasteiger partial charge in [-0.25, -0.2) is 0 Å². The van der Waals surface area contributed by atoms with E-state index in [1.165, 1.54) is 0 Å². The summed E-state index contributed by atoms with van der Waals surface area (Å²) in [5.74, 6) is 0. The average molecular weight is 231 g/mol. The molecular weight excluding hydrogens is 220 g/mol. The predicted molar refractivity (Wildman–Crippen MR) is 52.6 cm³/mol. The number of aliphatic hydroxyl groups is 1. The van der Waals surface area contributed by atoms with E-state index >= 15 is 0 Å². The number of hydrogen-bond donors (Lipinski definition) is 3. The van der Waals surface area contributed by atoms with Crippen LogP contribution in [-0.4, -0.2) is 11.7 Å². The van der Waals surface area contributed by atoms with Crippen molar-refractivity contribution in [2.24, 2.45) is 5.73 Å². The highest BCUT2D eigenvalue weighted by Crippen LogP contribution is 2.27. The molecule has 0 bridgehead atoms. The van der Waals surface area contributed by atoms with Gasteiger partial charge < -0.3 is 16.6 Å². The Bertz CT molecular complexity index is 278. The molecule has 1 aromatic rings. The molecule has 0 radical (unpaired) electrons. The number of hydrogen-bond acceptors (Lipinski definition) is 3. The quantitative estimate of drug-likeness (QED) is 0.665. The third kappa shape index (κ3) is 1.77. The number of nitrogens with two attached hydrogens (primary N) is 2. The molecule has 1 aromatic carbocycles. The molecule has 0 aliphatic carbocycles. The molecule has 0 aliphatic rings. The summed E-state index contributed by atoms with van der Waals surface area (Å²) in [5.41, 5.74) is 12.2. The van der Waals surface area contributed by atoms with E-state index < -0.39 is 6.10 Å². The van der Waals surface area contributed by atoms with Gasteiger partial charge in [0.1, 0.15) is 0 Å². The third-order valence-electron chi connectivity index (χ3n) is 1.67. The number of nitrogen functional groups attached to an aromatic ring is 1. The number of para-hydroxylation sites is 1. The Morgan fingerprint density at radius 3 is 2.75 bits per heavy atom. The second kappa shape index (κ2) is 3.89. The summed E-state index contributed by atoms with van der Waals surface area (Å²) in [5, 5.41) is 9.41. The molecule has 3 nitrogen and oxygen atoms in total. The minimum absolute atomic E-state index is 0.181. The molecule has 12 heavy (non-hydrogen) atoms. The van der Waals surface area contributed by atoms with E-state index in [0.717, 1.165) is 4.47 Å². The van der Waals surface area contributed by atoms with Crippen LogP contribution in [0.2, 0.25) is 0 Å². The van der Waals surface area contributed by atoms with Crippen molar-refractivity contribution >= 4 is 21.6 Å². The Labute approximate surface area is 79.5 Å². The van der Waals surface area contributed by atoms with Crippen molar-refractivity contribution < 1.29 is 5.11 Å². The zero-order valence-electron chi connectivity index (χ0n) is 6.50. The molecule has 0 fully saturated rings. The number of anilines is 1. The first-order chi connectivity index (χ1) is 5.66. The normalized spacial score (nSPS) is 12.9. The van der Waals surface area contributed by atoms with Crippen LogP contribution < -0.4 is 11.5 Å². The molecule has 1 unspecified atom stereocenters. The first-order valence-electron chi connectivity index (χ1n) is 3.59. The lowest BCUT2D eigenvalue weighted by atomic mass is 10.1. The fourth-order valence-corrected chi connectivity index (χ4v) is 1.35. The van der Waals surface area contributed by atoms with E-state index in [1.54, 1.807) is 6.07 Å². The molecule has 1 rings (SSSR count). The summed E-state index contributed by atoms with van der Waals surface area (Å²) in [6, 6.07) is 5.40. The smallest absolute Gasteiger partial charge is 0.0932 e. The molecule has 0 spiro atoms. The molecule has 0 saturated heterocycles. The Hall–Kier alpha value is -0.580. The van der Waals surface area contributed by atoms with Crippen LogP contribution in [0.4, 0.5) is 5.69 Å². The van der Waals surface area contributed by atoms with E-state index in [4.69, 9.17) is 11.5 Å². The Morgan fingerprint density at radius 2 is 2.17 bits per heavy atom. The SMILES string of the molecule is NCC(O)c1cccc(Br)c1N. The fraction of sp³-hybridized carbons (Fsp3) is 0.250. The summed E-state index contributed by atoms with van der Waals surface area (Å²) in [7, 11) is 0. The number of aliphatic hydroxyl groups excluding tert-OH is 1. The minimum atomic E-state index is -0.678. The minimum Gasteiger partial charge on any atom is -0.398 e. The molecule has 0 saturated carbocycles. The van der Waals surface area contributed by atoms with Gasteiger partial charge in [-0.05, 0) is 22.0 Å². The van der Waals surface area contributed by atoms with Gasteiger partial charge >= 0.3 is 0 Å². The van der Waals surface area contributed by atoms with Gasteiger partial charge in [-0.2, -0.15) is 0 Å². The van der Waals surface area contributed by atoms with Crippen molar-refractivity contribution in [1.29, 1.82) is 0 Å². The van der Waals surface area contributed by atoms with Gasteiger partial charge in [-0.3, -0.25) is 0 Å². The van der Waals surface area contributed by atoms with E-state index in [9.17, 15) is 5.11 Å². The summed E-state index contributed by atoms with van der Waals surface area (Å²) in [6.07, 6.45) is -0.678. The van der Waals surface area contributed by atoms with Crippen LogP contribution in [0.15, 0.2) is 22.7 Å². The first kappa shape index (κ1) is 9.51. The standard InChI is InChI=1S/C8H11BrN2O/c9-6-3-1-2-5(8(6)11)7(12)4-10/h1-3,7,12H,4,10-11H2. The van der Waals surface area contributed by atoms with Crippen molar-refractivity contribution in [1.82, 2.24) is 0 Å². The Kier molecular flexibility index (Phi) is 3.08. The zero-order valence-corrected chi connectivity index (χ0v) is 8.08. The average Bonchev–Trinajstić information content (AvgIpc) is 2.08. The highest BCUT2D eigenvalue weighted by atomic mass is 79.9. The largest absolute Gasteiger partial charge is 0.398 e. The van der Waals surface area contributed by atoms with E-state index in [2.05, 4.69) is 15.9 Å². The van der Waals surface area contributed by atoms with Crippen LogP contribution in [-0.2, 0) is 0 Å². The number of halogens is 1. The van der Waals surface area contributed by atoms with Gasteiger partial charge in [0.05, 0.1) is 11.8 Å². The van der Waals surface area contributed by atoms with Gasteiger partial charge in [0.25, 0.3) is 0 Å². The van der Waals surface area contributed by atoms with Crippen LogP contribution in [0.1, 0.15) is 11.7 Å². The van der Waals surface area contributed by atoms with E-state index in [-0.39, 0.29) is 6.54 Å². The molecule has 0 amide bonds. The highest BCUT2D eigenvalue weighted by Gasteiger charge is 2.09. The van der Waals surface area contributed by atoms with Crippen molar-refractivity contribution in [2.45, 2.75) is 6.10 Å². The fourth-order valence-electron chi connectivity index (χ4n) is 0.971. The lowest BCUT2D eigenvalue weighted by Gasteiger charge is -2.11. The van der Waals surface area contributed by atoms with Gasteiger partial charge in [0, 0.05) is 16.6 Å². The molecule has 66 valence electrons. The molecule has 5 N–H and O–H groups in total. The maximum absolute atomic E-state index is 9.41. The Morgan fingerprint density at radius 1 is 1.50 bits per heavy atom. The van der Waals surface area contributed by atoms with E-state index in [1.807, 2.05) is 12.1 Å². The Balaban J connectivity index is 3.07. The molecule has 4 heteroatoms. The van der Waals surface area contributed by atoms with Crippen molar-refractivity contribution in [2.75, 3.05) is 12.3 Å². The van der Waals surface area contributed by atoms with Gasteiger partial charge in [0.15, 0.2) is 0 Å². The van der Waals surface area contributed by atoms with Gasteiger partial charge in [-0.15, -0.1) is 0 Å². The zero-order chi connectivity index (χ0) is 9.14. The van der Waals surface area contributed by atoms with Crippen LogP contribution in [0.25, 0.3) is 0 Å². The summed E-state index contributed by atoms with van der Waals surface area (Å²) >= 11 is 3.27. The second-order valence-electron chi connectivity index (χ2n) is 2.49. The maximum atomic E-state index is 9.41. The molecule has 0 aromatic heterocycles. The number of benzene rings is 1. The van der Waals surface area contributed by atoms with Crippen LogP contribution in [0, 0.1) is 0 Å². The summed E-state index contributed by atoms with van der Waals surface area (Å²) in [6.45, 7) is 0.181. The van der Waals surface area contributed by atoms with Crippen LogP contribution in [0.5, 0.6) is 0 Å². The highest BCUT2D eigenvalue weighted by molar-refractivity contribution is 9.10. The lowest BCUT2D eigenvalue weighted by molar-refractivity contribution is 0.187. The van der Waals surface area contributed by atoms with Crippen molar-refractivity contribution in [3.63, 3.8) is 0 Å². The maximum Gasteiger partial charge on any atom is 0.0932 e. The molecular formula is C8H11BrN2O. The van der Waals surface area contributed by atoms with Crippen LogP contribution in [0.3, 0.4) is 0 Å². The van der Waals surface area contributed by atoms with Gasteiger partial charge in [0.2, 0.25) is 0 Å². The topological polar surface area (TPSA) is 72.3 Å². The number of rotatable bonds is 2. The van der Waals surface area contributed by atoms with Crippen molar-refractivity contribution in [3.8, 4) is 0 Å². The van der Waals surface area contributed by atoms with E-state index in [0.29, 0.717) is 11.3 Å². The molecule has 0 aliphatic heterocycles. The van der Waals surface area contributed by atoms with Crippen molar-refractivity contribution in [3.05, 3.63) is 28.2 Å². The monoisotopic (exact) mass is 230 g/mol. The second-order valence-corrected chi connectivity index (χ2v) is 3.35. The summed E-state index contributed by atoms with van der Waals surface area (Å²) < 4.78 is 0.785. The third-order valence-corrected chi connectivity index (χ3v) is 2.36. The van der Waals surface area contributed by atoms with Crippen LogP contribution >= 0.6 is 15.9 Å². The lowest BCUT2D eigenvalue weighted by Crippen LogP contribution is -2.13. The summed E-state index contributed by atoms with van der Waals surface area (Å²) in [4.78, 5) is 0. The molecule has 0 heterocycles. The van der Waals surface area contributed by atoms with Gasteiger partial charge in [-0.1, -0.05) is 12.1 Å². The predicted octanol–water partition coefficient (Wildman–Crippen LogP) is 1.02. The molecule has 1 atom stereocenters. The first-order valence-corrected chi connectivity index (χ1v) is 4.38.